The highest BCUT2D eigenvalue weighted by Crippen LogP contribution is 2.42. The molecule has 2 aromatic heterocycles. The number of hydrogen-bond acceptors (Lipinski definition) is 11. The Morgan fingerprint density at radius 1 is 1.09 bits per heavy atom. The Hall–Kier alpha value is -3.74. The van der Waals surface area contributed by atoms with Gasteiger partial charge in [-0.3, -0.25) is 9.99 Å². The summed E-state index contributed by atoms with van der Waals surface area (Å²) >= 11 is 0. The number of nitrogens with zero attached hydrogens (tertiary/aromatic N) is 5. The number of benzene rings is 2. The molecule has 182 valence electrons. The van der Waals surface area contributed by atoms with E-state index in [9.17, 15) is 9.46 Å². The van der Waals surface area contributed by atoms with E-state index in [1.807, 2.05) is 54.6 Å². The topological polar surface area (TPSA) is 162 Å². The molecule has 0 aliphatic carbocycles. The Morgan fingerprint density at radius 3 is 2.74 bits per heavy atom. The van der Waals surface area contributed by atoms with Crippen LogP contribution in [0.1, 0.15) is 5.56 Å². The van der Waals surface area contributed by atoms with E-state index in [2.05, 4.69) is 25.9 Å². The maximum Gasteiger partial charge on any atom is 0.353 e. The fourth-order valence-electron chi connectivity index (χ4n) is 3.38. The SMILES string of the molecule is Nc1nc(ON2NNc3ccccc32)c2ncn(CCOCP(=O)(O)OCc3ccccc3)c2n1. The molecule has 0 saturated heterocycles. The maximum atomic E-state index is 12.2. The van der Waals surface area contributed by atoms with E-state index in [0.29, 0.717) is 17.7 Å². The summed E-state index contributed by atoms with van der Waals surface area (Å²) in [7, 11) is -3.90. The highest BCUT2D eigenvalue weighted by atomic mass is 31.2. The molecule has 1 aliphatic heterocycles. The molecule has 1 unspecified atom stereocenters. The lowest BCUT2D eigenvalue weighted by atomic mass is 10.2. The molecule has 13 nitrogen and oxygen atoms in total. The van der Waals surface area contributed by atoms with E-state index in [1.54, 1.807) is 10.9 Å². The van der Waals surface area contributed by atoms with Gasteiger partial charge in [-0.2, -0.15) is 9.97 Å². The molecule has 0 amide bonds. The lowest BCUT2D eigenvalue weighted by Gasteiger charge is -2.17. The number of hydrazine groups is 2. The first-order valence-electron chi connectivity index (χ1n) is 10.6. The lowest BCUT2D eigenvalue weighted by molar-refractivity contribution is 0.136. The second-order valence-corrected chi connectivity index (χ2v) is 9.36. The molecule has 14 heteroatoms. The Bertz CT molecular complexity index is 1370. The molecule has 3 heterocycles. The van der Waals surface area contributed by atoms with Gasteiger partial charge in [0.15, 0.2) is 11.2 Å². The number of fused-ring (bicyclic) bond motifs is 2. The highest BCUT2D eigenvalue weighted by Gasteiger charge is 2.23. The summed E-state index contributed by atoms with van der Waals surface area (Å²) in [5.74, 6) is 0.164. The number of hydrogen-bond donors (Lipinski definition) is 4. The summed E-state index contributed by atoms with van der Waals surface area (Å²) in [4.78, 5) is 28.6. The van der Waals surface area contributed by atoms with Gasteiger partial charge >= 0.3 is 7.60 Å². The van der Waals surface area contributed by atoms with Crippen molar-refractivity contribution < 1.29 is 23.6 Å². The summed E-state index contributed by atoms with van der Waals surface area (Å²) in [5.41, 5.74) is 15.0. The van der Waals surface area contributed by atoms with Crippen LogP contribution >= 0.6 is 7.60 Å². The minimum atomic E-state index is -3.90. The van der Waals surface area contributed by atoms with Gasteiger partial charge in [-0.1, -0.05) is 42.5 Å². The van der Waals surface area contributed by atoms with Gasteiger partial charge in [-0.25, -0.2) is 4.98 Å². The monoisotopic (exact) mass is 498 g/mol. The van der Waals surface area contributed by atoms with Crippen molar-refractivity contribution in [2.45, 2.75) is 13.2 Å². The van der Waals surface area contributed by atoms with Gasteiger partial charge in [0.05, 0.1) is 25.2 Å². The number of imidazole rings is 1. The second-order valence-electron chi connectivity index (χ2n) is 7.57. The van der Waals surface area contributed by atoms with Gasteiger partial charge in [0.25, 0.3) is 5.88 Å². The number of anilines is 3. The van der Waals surface area contributed by atoms with E-state index in [4.69, 9.17) is 19.8 Å². The average molecular weight is 498 g/mol. The second kappa shape index (κ2) is 9.86. The molecule has 0 bridgehead atoms. The van der Waals surface area contributed by atoms with E-state index < -0.39 is 13.9 Å². The van der Waals surface area contributed by atoms with Crippen molar-refractivity contribution in [3.05, 3.63) is 66.5 Å². The van der Waals surface area contributed by atoms with Gasteiger partial charge in [0, 0.05) is 6.54 Å². The normalized spacial score (nSPS) is 14.5. The van der Waals surface area contributed by atoms with Crippen molar-refractivity contribution in [1.29, 1.82) is 0 Å². The molecule has 0 radical (unpaired) electrons. The molecule has 5 N–H and O–H groups in total. The third kappa shape index (κ3) is 5.34. The van der Waals surface area contributed by atoms with Crippen LogP contribution in [0.25, 0.3) is 11.2 Å². The van der Waals surface area contributed by atoms with Crippen molar-refractivity contribution in [3.63, 3.8) is 0 Å². The Labute approximate surface area is 199 Å². The zero-order valence-electron chi connectivity index (χ0n) is 18.4. The Kier molecular flexibility index (Phi) is 6.49. The van der Waals surface area contributed by atoms with Crippen molar-refractivity contribution in [2.24, 2.45) is 0 Å². The predicted molar refractivity (Wildman–Crippen MR) is 128 cm³/mol. The number of nitrogens with two attached hydrogens (primary N) is 1. The number of nitrogen functional groups attached to an aromatic ring is 1. The van der Waals surface area contributed by atoms with E-state index >= 15 is 0 Å². The summed E-state index contributed by atoms with van der Waals surface area (Å²) in [6.45, 7) is 0.447. The summed E-state index contributed by atoms with van der Waals surface area (Å²) < 4.78 is 24.5. The highest BCUT2D eigenvalue weighted by molar-refractivity contribution is 7.52. The third-order valence-corrected chi connectivity index (χ3v) is 6.09. The summed E-state index contributed by atoms with van der Waals surface area (Å²) in [6, 6.07) is 16.7. The van der Waals surface area contributed by atoms with Crippen LogP contribution < -0.4 is 26.7 Å². The zero-order valence-corrected chi connectivity index (χ0v) is 19.3. The van der Waals surface area contributed by atoms with Crippen LogP contribution in [0.15, 0.2) is 60.9 Å². The molecule has 1 aliphatic rings. The van der Waals surface area contributed by atoms with Crippen LogP contribution in [0.5, 0.6) is 5.88 Å². The minimum absolute atomic E-state index is 0.00443. The van der Waals surface area contributed by atoms with Crippen molar-refractivity contribution in [3.8, 4) is 5.88 Å². The van der Waals surface area contributed by atoms with Crippen LogP contribution in [0, 0.1) is 0 Å². The maximum absolute atomic E-state index is 12.2. The largest absolute Gasteiger partial charge is 0.368 e. The van der Waals surface area contributed by atoms with Crippen LogP contribution in [-0.2, 0) is 27.0 Å². The van der Waals surface area contributed by atoms with Crippen LogP contribution in [-0.4, -0.2) is 37.4 Å². The number of ether oxygens (including phenoxy) is 1. The first-order chi connectivity index (χ1) is 17.0. The molecule has 1 atom stereocenters. The van der Waals surface area contributed by atoms with Gasteiger partial charge in [0.1, 0.15) is 12.0 Å². The van der Waals surface area contributed by atoms with Crippen LogP contribution in [0.3, 0.4) is 0 Å². The van der Waals surface area contributed by atoms with E-state index in [0.717, 1.165) is 16.9 Å². The van der Waals surface area contributed by atoms with Gasteiger partial charge in [-0.15, -0.1) is 10.7 Å². The fraction of sp³-hybridized carbons (Fsp3) is 0.190. The first-order valence-corrected chi connectivity index (χ1v) is 12.4. The van der Waals surface area contributed by atoms with Gasteiger partial charge in [0.2, 0.25) is 5.95 Å². The molecule has 4 aromatic rings. The standard InChI is InChI=1S/C21H23N8O5P/c22-21-24-19-18(20(25-21)34-29-17-9-5-4-8-16(17)26-27-29)23-13-28(19)10-11-32-14-35(30,31)33-12-15-6-2-1-3-7-15/h1-9,13,26-27H,10-12,14H2,(H,30,31)(H2,22,24,25). The molecular formula is C21H23N8O5P. The molecular weight excluding hydrogens is 475 g/mol. The number of aromatic nitrogens is 4. The smallest absolute Gasteiger partial charge is 0.353 e. The zero-order chi connectivity index (χ0) is 24.3. The molecule has 0 spiro atoms. The van der Waals surface area contributed by atoms with Gasteiger partial charge in [-0.05, 0) is 17.7 Å². The van der Waals surface area contributed by atoms with Crippen LogP contribution in [0.2, 0.25) is 0 Å². The Balaban J connectivity index is 1.20. The van der Waals surface area contributed by atoms with Crippen molar-refractivity contribution in [2.75, 3.05) is 29.3 Å². The predicted octanol–water partition coefficient (Wildman–Crippen LogP) is 2.43. The number of nitrogens with one attached hydrogen (secondary N) is 2. The molecule has 0 fully saturated rings. The average Bonchev–Trinajstić information content (AvgIpc) is 3.46. The number of rotatable bonds is 10. The molecule has 5 rings (SSSR count). The first kappa shape index (κ1) is 23.0. The number of para-hydroxylation sites is 2. The Morgan fingerprint density at radius 2 is 1.89 bits per heavy atom. The van der Waals surface area contributed by atoms with E-state index in [-0.39, 0.29) is 25.0 Å². The van der Waals surface area contributed by atoms with Crippen LogP contribution in [0.4, 0.5) is 17.3 Å². The quantitative estimate of drug-likeness (QED) is 0.187. The molecule has 2 aromatic carbocycles. The minimum Gasteiger partial charge on any atom is -0.368 e. The molecule has 0 saturated carbocycles. The summed E-state index contributed by atoms with van der Waals surface area (Å²) in [5, 5.41) is 1.41. The lowest BCUT2D eigenvalue weighted by Crippen LogP contribution is -2.39. The van der Waals surface area contributed by atoms with Gasteiger partial charge < -0.3 is 29.3 Å². The van der Waals surface area contributed by atoms with Crippen molar-refractivity contribution >= 4 is 36.1 Å². The van der Waals surface area contributed by atoms with Crippen molar-refractivity contribution in [1.82, 2.24) is 25.1 Å². The fourth-order valence-corrected chi connectivity index (χ4v) is 4.16. The van der Waals surface area contributed by atoms with E-state index in [1.165, 1.54) is 5.17 Å². The molecule has 35 heavy (non-hydrogen) atoms. The third-order valence-electron chi connectivity index (χ3n) is 5.05. The summed E-state index contributed by atoms with van der Waals surface area (Å²) in [6.07, 6.45) is 1.11.